The summed E-state index contributed by atoms with van der Waals surface area (Å²) in [5, 5.41) is 7.44. The molecule has 2 aromatic rings. The van der Waals surface area contributed by atoms with Crippen LogP contribution in [0.25, 0.3) is 0 Å². The average molecular weight is 288 g/mol. The van der Waals surface area contributed by atoms with Gasteiger partial charge in [-0.05, 0) is 29.8 Å². The number of benzene rings is 2. The largest absolute Gasteiger partial charge is 0.326 e. The van der Waals surface area contributed by atoms with Crippen LogP contribution in [-0.2, 0) is 4.79 Å². The van der Waals surface area contributed by atoms with E-state index >= 15 is 0 Å². The van der Waals surface area contributed by atoms with Gasteiger partial charge in [0.05, 0.1) is 16.9 Å². The summed E-state index contributed by atoms with van der Waals surface area (Å²) in [4.78, 5) is 10.9. The molecule has 0 atom stereocenters. The highest BCUT2D eigenvalue weighted by Crippen LogP contribution is 2.20. The molecule has 0 spiro atoms. The van der Waals surface area contributed by atoms with Gasteiger partial charge in [-0.15, -0.1) is 0 Å². The Morgan fingerprint density at radius 3 is 2.50 bits per heavy atom. The molecular formula is C15H14ClN3O. The first-order valence-corrected chi connectivity index (χ1v) is 6.44. The van der Waals surface area contributed by atoms with Gasteiger partial charge in [-0.25, -0.2) is 0 Å². The number of hydrazone groups is 1. The molecule has 1 amide bonds. The molecular weight excluding hydrogens is 274 g/mol. The van der Waals surface area contributed by atoms with Gasteiger partial charge >= 0.3 is 0 Å². The second-order valence-corrected chi connectivity index (χ2v) is 4.56. The highest BCUT2D eigenvalue weighted by atomic mass is 35.5. The monoisotopic (exact) mass is 287 g/mol. The first-order valence-electron chi connectivity index (χ1n) is 6.06. The summed E-state index contributed by atoms with van der Waals surface area (Å²) in [6.45, 7) is 1.48. The predicted octanol–water partition coefficient (Wildman–Crippen LogP) is 3.74. The predicted molar refractivity (Wildman–Crippen MR) is 83.4 cm³/mol. The third-order valence-electron chi connectivity index (χ3n) is 2.50. The van der Waals surface area contributed by atoms with E-state index in [1.165, 1.54) is 6.92 Å². The Balaban J connectivity index is 1.98. The van der Waals surface area contributed by atoms with Crippen LogP contribution in [-0.4, -0.2) is 12.1 Å². The van der Waals surface area contributed by atoms with E-state index in [4.69, 9.17) is 11.6 Å². The van der Waals surface area contributed by atoms with Gasteiger partial charge in [-0.3, -0.25) is 10.2 Å². The first kappa shape index (κ1) is 14.1. The van der Waals surface area contributed by atoms with Crippen molar-refractivity contribution in [3.05, 3.63) is 59.1 Å². The van der Waals surface area contributed by atoms with Crippen LogP contribution in [0.15, 0.2) is 53.6 Å². The molecule has 0 unspecified atom stereocenters. The van der Waals surface area contributed by atoms with Crippen molar-refractivity contribution in [3.8, 4) is 0 Å². The fourth-order valence-corrected chi connectivity index (χ4v) is 1.76. The zero-order valence-electron chi connectivity index (χ0n) is 10.9. The third-order valence-corrected chi connectivity index (χ3v) is 2.83. The molecule has 2 rings (SSSR count). The number of anilines is 2. The van der Waals surface area contributed by atoms with E-state index in [-0.39, 0.29) is 5.91 Å². The number of carbonyl (C=O) groups is 1. The fourth-order valence-electron chi connectivity index (χ4n) is 1.58. The first-order chi connectivity index (χ1) is 9.65. The topological polar surface area (TPSA) is 53.5 Å². The Labute approximate surface area is 122 Å². The molecule has 0 aliphatic heterocycles. The summed E-state index contributed by atoms with van der Waals surface area (Å²) in [6.07, 6.45) is 1.68. The van der Waals surface area contributed by atoms with Crippen molar-refractivity contribution >= 4 is 35.1 Å². The molecule has 0 saturated heterocycles. The van der Waals surface area contributed by atoms with Crippen molar-refractivity contribution in [2.24, 2.45) is 5.10 Å². The number of hydrogen-bond acceptors (Lipinski definition) is 3. The van der Waals surface area contributed by atoms with Crippen molar-refractivity contribution in [1.82, 2.24) is 0 Å². The Morgan fingerprint density at radius 1 is 1.15 bits per heavy atom. The van der Waals surface area contributed by atoms with Crippen molar-refractivity contribution in [2.75, 3.05) is 10.7 Å². The van der Waals surface area contributed by atoms with Crippen LogP contribution in [0.5, 0.6) is 0 Å². The zero-order valence-corrected chi connectivity index (χ0v) is 11.7. The molecule has 0 fully saturated rings. The minimum absolute atomic E-state index is 0.0909. The van der Waals surface area contributed by atoms with Gasteiger partial charge in [-0.1, -0.05) is 35.9 Å². The molecule has 102 valence electrons. The highest BCUT2D eigenvalue weighted by molar-refractivity contribution is 6.33. The lowest BCUT2D eigenvalue weighted by Gasteiger charge is -2.03. The van der Waals surface area contributed by atoms with E-state index in [0.717, 1.165) is 16.9 Å². The van der Waals surface area contributed by atoms with Crippen LogP contribution in [0, 0.1) is 0 Å². The molecule has 0 aliphatic carbocycles. The van der Waals surface area contributed by atoms with E-state index in [9.17, 15) is 4.79 Å². The summed E-state index contributed by atoms with van der Waals surface area (Å²) >= 11 is 6.00. The Morgan fingerprint density at radius 2 is 1.85 bits per heavy atom. The average Bonchev–Trinajstić information content (AvgIpc) is 2.42. The quantitative estimate of drug-likeness (QED) is 0.665. The highest BCUT2D eigenvalue weighted by Gasteiger charge is 1.96. The van der Waals surface area contributed by atoms with Crippen LogP contribution in [0.3, 0.4) is 0 Å². The molecule has 5 heteroatoms. The molecule has 0 radical (unpaired) electrons. The standard InChI is InChI=1S/C15H14ClN3O/c1-11(20)18-13-8-6-12(7-9-13)10-17-19-15-5-3-2-4-14(15)16/h2-10,19H,1H3,(H,18,20)/b17-10+. The van der Waals surface area contributed by atoms with Gasteiger partial charge in [0.1, 0.15) is 0 Å². The van der Waals surface area contributed by atoms with Crippen molar-refractivity contribution < 1.29 is 4.79 Å². The number of rotatable bonds is 4. The Hall–Kier alpha value is -2.33. The number of amides is 1. The maximum absolute atomic E-state index is 10.9. The lowest BCUT2D eigenvalue weighted by Crippen LogP contribution is -2.05. The van der Waals surface area contributed by atoms with E-state index in [2.05, 4.69) is 15.8 Å². The lowest BCUT2D eigenvalue weighted by atomic mass is 10.2. The van der Waals surface area contributed by atoms with Gasteiger partial charge < -0.3 is 5.32 Å². The van der Waals surface area contributed by atoms with E-state index in [0.29, 0.717) is 5.02 Å². The van der Waals surface area contributed by atoms with E-state index in [1.54, 1.807) is 12.3 Å². The van der Waals surface area contributed by atoms with Crippen LogP contribution in [0.1, 0.15) is 12.5 Å². The maximum atomic E-state index is 10.9. The number of halogens is 1. The summed E-state index contributed by atoms with van der Waals surface area (Å²) < 4.78 is 0. The molecule has 0 aliphatic rings. The van der Waals surface area contributed by atoms with Crippen LogP contribution in [0.4, 0.5) is 11.4 Å². The van der Waals surface area contributed by atoms with Gasteiger partial charge in [-0.2, -0.15) is 5.10 Å². The molecule has 20 heavy (non-hydrogen) atoms. The van der Waals surface area contributed by atoms with Crippen LogP contribution >= 0.6 is 11.6 Å². The molecule has 4 nitrogen and oxygen atoms in total. The summed E-state index contributed by atoms with van der Waals surface area (Å²) in [5.41, 5.74) is 5.30. The molecule has 0 bridgehead atoms. The summed E-state index contributed by atoms with van der Waals surface area (Å²) in [5.74, 6) is -0.0909. The molecule has 2 aromatic carbocycles. The molecule has 0 saturated carbocycles. The zero-order chi connectivity index (χ0) is 14.4. The SMILES string of the molecule is CC(=O)Nc1ccc(/C=N/Nc2ccccc2Cl)cc1. The van der Waals surface area contributed by atoms with Crippen molar-refractivity contribution in [1.29, 1.82) is 0 Å². The summed E-state index contributed by atoms with van der Waals surface area (Å²) in [7, 11) is 0. The van der Waals surface area contributed by atoms with Crippen LogP contribution in [0.2, 0.25) is 5.02 Å². The number of para-hydroxylation sites is 1. The molecule has 2 N–H and O–H groups in total. The van der Waals surface area contributed by atoms with Crippen LogP contribution < -0.4 is 10.7 Å². The molecule has 0 heterocycles. The van der Waals surface area contributed by atoms with Gasteiger partial charge in [0.2, 0.25) is 5.91 Å². The van der Waals surface area contributed by atoms with E-state index < -0.39 is 0 Å². The van der Waals surface area contributed by atoms with Crippen molar-refractivity contribution in [2.45, 2.75) is 6.92 Å². The number of carbonyl (C=O) groups excluding carboxylic acids is 1. The normalized spacial score (nSPS) is 10.5. The summed E-state index contributed by atoms with van der Waals surface area (Å²) in [6, 6.07) is 14.7. The maximum Gasteiger partial charge on any atom is 0.221 e. The smallest absolute Gasteiger partial charge is 0.221 e. The second-order valence-electron chi connectivity index (χ2n) is 4.15. The minimum Gasteiger partial charge on any atom is -0.326 e. The third kappa shape index (κ3) is 4.10. The van der Waals surface area contributed by atoms with Gasteiger partial charge in [0.15, 0.2) is 0 Å². The van der Waals surface area contributed by atoms with Gasteiger partial charge in [0, 0.05) is 12.6 Å². The fraction of sp³-hybridized carbons (Fsp3) is 0.0667. The number of hydrogen-bond donors (Lipinski definition) is 2. The molecule has 0 aromatic heterocycles. The number of nitrogens with one attached hydrogen (secondary N) is 2. The van der Waals surface area contributed by atoms with Gasteiger partial charge in [0.25, 0.3) is 0 Å². The van der Waals surface area contributed by atoms with E-state index in [1.807, 2.05) is 42.5 Å². The second kappa shape index (κ2) is 6.73. The number of nitrogens with zero attached hydrogens (tertiary/aromatic N) is 1. The Bertz CT molecular complexity index is 623. The van der Waals surface area contributed by atoms with Crippen molar-refractivity contribution in [3.63, 3.8) is 0 Å². The minimum atomic E-state index is -0.0909. The lowest BCUT2D eigenvalue weighted by molar-refractivity contribution is -0.114. The Kier molecular flexibility index (Phi) is 4.74.